The van der Waals surface area contributed by atoms with Crippen molar-refractivity contribution in [3.8, 4) is 0 Å². The number of para-hydroxylation sites is 1. The second kappa shape index (κ2) is 6.64. The molecular formula is C15H17N5O3S. The van der Waals surface area contributed by atoms with Crippen LogP contribution in [0.3, 0.4) is 0 Å². The van der Waals surface area contributed by atoms with E-state index in [1.54, 1.807) is 12.1 Å². The highest BCUT2D eigenvalue weighted by Gasteiger charge is 2.22. The maximum atomic E-state index is 12.0. The van der Waals surface area contributed by atoms with E-state index in [1.807, 2.05) is 19.1 Å². The Labute approximate surface area is 140 Å². The molecule has 0 aliphatic rings. The normalized spacial score (nSPS) is 10.8. The van der Waals surface area contributed by atoms with Crippen molar-refractivity contribution >= 4 is 33.2 Å². The molecule has 8 nitrogen and oxygen atoms in total. The standard InChI is InChI=1S/C15H17N5O3S/c1-10-7-5-6-8-11(10)17-15(21)19-18-14-12(24(4,22)23)9-13(16-2)20(14)3/h5-9,18H,1,3-4H3,(H2,17,19,21). The van der Waals surface area contributed by atoms with Gasteiger partial charge in [-0.1, -0.05) is 24.8 Å². The smallest absolute Gasteiger partial charge is 0.337 e. The minimum atomic E-state index is -3.56. The molecule has 0 saturated carbocycles. The summed E-state index contributed by atoms with van der Waals surface area (Å²) in [6, 6.07) is 7.93. The number of aromatic nitrogens is 1. The predicted molar refractivity (Wildman–Crippen MR) is 91.7 cm³/mol. The highest BCUT2D eigenvalue weighted by molar-refractivity contribution is 7.90. The number of amides is 2. The molecule has 0 bridgehead atoms. The maximum absolute atomic E-state index is 12.0. The Morgan fingerprint density at radius 2 is 1.96 bits per heavy atom. The molecule has 0 aliphatic carbocycles. The lowest BCUT2D eigenvalue weighted by atomic mass is 10.2. The van der Waals surface area contributed by atoms with E-state index in [1.165, 1.54) is 17.7 Å². The molecule has 0 spiro atoms. The molecule has 0 aliphatic heterocycles. The monoisotopic (exact) mass is 347 g/mol. The minimum absolute atomic E-state index is 0.0628. The Morgan fingerprint density at radius 3 is 2.54 bits per heavy atom. The Kier molecular flexibility index (Phi) is 4.80. The predicted octanol–water partition coefficient (Wildman–Crippen LogP) is 2.44. The van der Waals surface area contributed by atoms with Crippen LogP contribution in [0.1, 0.15) is 5.56 Å². The number of hydrogen-bond donors (Lipinski definition) is 3. The Balaban J connectivity index is 2.18. The van der Waals surface area contributed by atoms with Crippen molar-refractivity contribution < 1.29 is 13.2 Å². The molecule has 3 N–H and O–H groups in total. The number of sulfone groups is 1. The summed E-state index contributed by atoms with van der Waals surface area (Å²) >= 11 is 0. The van der Waals surface area contributed by atoms with Gasteiger partial charge in [-0.3, -0.25) is 9.99 Å². The molecule has 0 fully saturated rings. The van der Waals surface area contributed by atoms with Crippen LogP contribution < -0.4 is 16.2 Å². The van der Waals surface area contributed by atoms with Crippen LogP contribution in [0.25, 0.3) is 4.85 Å². The average Bonchev–Trinajstić information content (AvgIpc) is 2.84. The summed E-state index contributed by atoms with van der Waals surface area (Å²) in [4.78, 5) is 15.2. The first-order valence-corrected chi connectivity index (χ1v) is 8.79. The van der Waals surface area contributed by atoms with Crippen LogP contribution in [-0.2, 0) is 16.9 Å². The van der Waals surface area contributed by atoms with E-state index < -0.39 is 15.9 Å². The van der Waals surface area contributed by atoms with Gasteiger partial charge in [0, 0.05) is 11.9 Å². The summed E-state index contributed by atoms with van der Waals surface area (Å²) in [7, 11) is -2.02. The zero-order valence-corrected chi connectivity index (χ0v) is 14.2. The fourth-order valence-corrected chi connectivity index (χ4v) is 2.94. The van der Waals surface area contributed by atoms with Crippen LogP contribution in [0.5, 0.6) is 0 Å². The van der Waals surface area contributed by atoms with Crippen molar-refractivity contribution in [1.82, 2.24) is 9.99 Å². The molecule has 0 atom stereocenters. The van der Waals surface area contributed by atoms with Gasteiger partial charge in [-0.15, -0.1) is 0 Å². The van der Waals surface area contributed by atoms with E-state index in [9.17, 15) is 13.2 Å². The van der Waals surface area contributed by atoms with Gasteiger partial charge in [-0.2, -0.15) is 0 Å². The van der Waals surface area contributed by atoms with Crippen molar-refractivity contribution in [2.45, 2.75) is 11.8 Å². The number of nitrogens with zero attached hydrogens (tertiary/aromatic N) is 2. The number of benzene rings is 1. The van der Waals surface area contributed by atoms with E-state index in [0.29, 0.717) is 5.69 Å². The molecule has 1 aromatic carbocycles. The third-order valence-electron chi connectivity index (χ3n) is 3.37. The van der Waals surface area contributed by atoms with Gasteiger partial charge < -0.3 is 10.2 Å². The first-order chi connectivity index (χ1) is 11.2. The summed E-state index contributed by atoms with van der Waals surface area (Å²) in [5.41, 5.74) is 6.46. The number of nitrogens with one attached hydrogen (secondary N) is 3. The van der Waals surface area contributed by atoms with Crippen LogP contribution in [0.15, 0.2) is 35.2 Å². The van der Waals surface area contributed by atoms with Crippen molar-refractivity contribution in [2.24, 2.45) is 7.05 Å². The van der Waals surface area contributed by atoms with Crippen molar-refractivity contribution in [1.29, 1.82) is 0 Å². The molecule has 24 heavy (non-hydrogen) atoms. The molecule has 9 heteroatoms. The van der Waals surface area contributed by atoms with Gasteiger partial charge >= 0.3 is 6.03 Å². The van der Waals surface area contributed by atoms with E-state index in [0.717, 1.165) is 11.8 Å². The van der Waals surface area contributed by atoms with E-state index in [4.69, 9.17) is 6.57 Å². The topological polar surface area (TPSA) is 96.6 Å². The quantitative estimate of drug-likeness (QED) is 0.584. The van der Waals surface area contributed by atoms with Crippen LogP contribution >= 0.6 is 0 Å². The number of hydrazine groups is 1. The molecule has 1 heterocycles. The molecule has 0 radical (unpaired) electrons. The fourth-order valence-electron chi connectivity index (χ4n) is 2.08. The second-order valence-electron chi connectivity index (χ2n) is 5.18. The molecule has 2 amide bonds. The van der Waals surface area contributed by atoms with Gasteiger partial charge in [-0.25, -0.2) is 18.6 Å². The molecular weight excluding hydrogens is 330 g/mol. The summed E-state index contributed by atoms with van der Waals surface area (Å²) in [6.07, 6.45) is 1.04. The highest BCUT2D eigenvalue weighted by atomic mass is 32.2. The summed E-state index contributed by atoms with van der Waals surface area (Å²) in [5, 5.41) is 2.65. The third-order valence-corrected chi connectivity index (χ3v) is 4.48. The molecule has 1 aromatic heterocycles. The van der Waals surface area contributed by atoms with Gasteiger partial charge in [0.15, 0.2) is 9.84 Å². The molecule has 0 saturated heterocycles. The third kappa shape index (κ3) is 3.67. The van der Waals surface area contributed by atoms with Gasteiger partial charge in [-0.05, 0) is 24.6 Å². The van der Waals surface area contributed by atoms with Crippen molar-refractivity contribution in [2.75, 3.05) is 17.0 Å². The number of carbonyl (C=O) groups is 1. The summed E-state index contributed by atoms with van der Waals surface area (Å²) in [6.45, 7) is 8.92. The Morgan fingerprint density at radius 1 is 1.29 bits per heavy atom. The number of hydrogen-bond acceptors (Lipinski definition) is 4. The number of rotatable bonds is 4. The van der Waals surface area contributed by atoms with E-state index >= 15 is 0 Å². The van der Waals surface area contributed by atoms with E-state index in [-0.39, 0.29) is 16.5 Å². The van der Waals surface area contributed by atoms with Crippen LogP contribution in [0.2, 0.25) is 0 Å². The fraction of sp³-hybridized carbons (Fsp3) is 0.200. The van der Waals surface area contributed by atoms with Gasteiger partial charge in [0.1, 0.15) is 4.90 Å². The summed E-state index contributed by atoms with van der Waals surface area (Å²) < 4.78 is 25.0. The minimum Gasteiger partial charge on any atom is -0.364 e. The van der Waals surface area contributed by atoms with Gasteiger partial charge in [0.2, 0.25) is 11.6 Å². The average molecular weight is 347 g/mol. The number of aryl methyl sites for hydroxylation is 1. The zero-order chi connectivity index (χ0) is 17.9. The first kappa shape index (κ1) is 17.4. The van der Waals surface area contributed by atoms with Crippen molar-refractivity contribution in [3.63, 3.8) is 0 Å². The molecule has 2 rings (SSSR count). The highest BCUT2D eigenvalue weighted by Crippen LogP contribution is 2.29. The van der Waals surface area contributed by atoms with Gasteiger partial charge in [0.05, 0.1) is 7.05 Å². The number of urea groups is 1. The van der Waals surface area contributed by atoms with Crippen LogP contribution in [-0.4, -0.2) is 25.3 Å². The first-order valence-electron chi connectivity index (χ1n) is 6.90. The lowest BCUT2D eigenvalue weighted by molar-refractivity contribution is 0.253. The molecule has 126 valence electrons. The Bertz CT molecular complexity index is 925. The molecule has 2 aromatic rings. The number of carbonyl (C=O) groups excluding carboxylic acids is 1. The van der Waals surface area contributed by atoms with Gasteiger partial charge in [0.25, 0.3) is 0 Å². The lowest BCUT2D eigenvalue weighted by Crippen LogP contribution is -2.34. The second-order valence-corrected chi connectivity index (χ2v) is 7.16. The Hall–Kier alpha value is -2.99. The lowest BCUT2D eigenvalue weighted by Gasteiger charge is -2.12. The zero-order valence-electron chi connectivity index (χ0n) is 13.4. The van der Waals surface area contributed by atoms with E-state index in [2.05, 4.69) is 21.0 Å². The number of anilines is 2. The summed E-state index contributed by atoms with van der Waals surface area (Å²) in [5.74, 6) is 0.252. The largest absolute Gasteiger partial charge is 0.364 e. The van der Waals surface area contributed by atoms with Crippen LogP contribution in [0, 0.1) is 13.5 Å². The van der Waals surface area contributed by atoms with Crippen molar-refractivity contribution in [3.05, 3.63) is 47.3 Å². The van der Waals surface area contributed by atoms with Crippen LogP contribution in [0.4, 0.5) is 22.1 Å². The SMILES string of the molecule is [C-]#[N+]c1cc(S(C)(=O)=O)c(NNC(=O)Nc2ccccc2C)n1C. The maximum Gasteiger partial charge on any atom is 0.337 e. The molecule has 0 unspecified atom stereocenters.